The van der Waals surface area contributed by atoms with Crippen LogP contribution < -0.4 is 5.32 Å². The van der Waals surface area contributed by atoms with Crippen molar-refractivity contribution in [2.24, 2.45) is 17.3 Å². The smallest absolute Gasteiger partial charge is 0.223 e. The highest BCUT2D eigenvalue weighted by atomic mass is 16.1. The van der Waals surface area contributed by atoms with Crippen LogP contribution in [0.4, 0.5) is 0 Å². The van der Waals surface area contributed by atoms with Crippen molar-refractivity contribution in [1.29, 1.82) is 0 Å². The summed E-state index contributed by atoms with van der Waals surface area (Å²) >= 11 is 0. The fourth-order valence-electron chi connectivity index (χ4n) is 3.18. The van der Waals surface area contributed by atoms with E-state index in [-0.39, 0.29) is 11.8 Å². The minimum atomic E-state index is 0.224. The summed E-state index contributed by atoms with van der Waals surface area (Å²) in [6.45, 7) is 9.86. The lowest BCUT2D eigenvalue weighted by Crippen LogP contribution is -2.40. The zero-order valence-electron chi connectivity index (χ0n) is 12.7. The van der Waals surface area contributed by atoms with E-state index in [2.05, 4.69) is 33.0 Å². The van der Waals surface area contributed by atoms with E-state index >= 15 is 0 Å². The molecule has 0 aliphatic heterocycles. The summed E-state index contributed by atoms with van der Waals surface area (Å²) in [4.78, 5) is 12.1. The number of rotatable bonds is 6. The summed E-state index contributed by atoms with van der Waals surface area (Å²) in [6, 6.07) is 0. The molecule has 1 unspecified atom stereocenters. The Labute approximate surface area is 113 Å². The van der Waals surface area contributed by atoms with Gasteiger partial charge in [-0.2, -0.15) is 0 Å². The van der Waals surface area contributed by atoms with Gasteiger partial charge in [0.25, 0.3) is 0 Å². The molecule has 1 N–H and O–H groups in total. The quantitative estimate of drug-likeness (QED) is 0.757. The zero-order chi connectivity index (χ0) is 13.6. The van der Waals surface area contributed by atoms with Gasteiger partial charge in [-0.05, 0) is 37.0 Å². The highest BCUT2D eigenvalue weighted by Gasteiger charge is 2.32. The fourth-order valence-corrected chi connectivity index (χ4v) is 3.18. The van der Waals surface area contributed by atoms with E-state index in [1.165, 1.54) is 25.7 Å². The van der Waals surface area contributed by atoms with Crippen molar-refractivity contribution in [3.63, 3.8) is 0 Å². The van der Waals surface area contributed by atoms with Gasteiger partial charge in [0.15, 0.2) is 0 Å². The lowest BCUT2D eigenvalue weighted by atomic mass is 9.69. The Hall–Kier alpha value is -0.530. The highest BCUT2D eigenvalue weighted by Crippen LogP contribution is 2.40. The van der Waals surface area contributed by atoms with E-state index in [0.717, 1.165) is 25.8 Å². The number of hydrogen-bond donors (Lipinski definition) is 1. The third-order valence-electron chi connectivity index (χ3n) is 4.75. The Kier molecular flexibility index (Phi) is 6.17. The standard InChI is InChI=1S/C16H31NO/c1-5-9-13(6-2)15(18)17-12-14-10-7-8-11-16(14,3)4/h13-14H,5-12H2,1-4H3,(H,17,18)/t13?,14-/m1/s1. The molecule has 1 saturated carbocycles. The van der Waals surface area contributed by atoms with Gasteiger partial charge in [0, 0.05) is 12.5 Å². The predicted molar refractivity (Wildman–Crippen MR) is 77.4 cm³/mol. The molecule has 0 spiro atoms. The number of hydrogen-bond acceptors (Lipinski definition) is 1. The summed E-state index contributed by atoms with van der Waals surface area (Å²) in [5, 5.41) is 3.20. The van der Waals surface area contributed by atoms with Gasteiger partial charge in [-0.15, -0.1) is 0 Å². The van der Waals surface area contributed by atoms with Crippen LogP contribution in [-0.2, 0) is 4.79 Å². The molecule has 0 radical (unpaired) electrons. The molecular weight excluding hydrogens is 222 g/mol. The first-order valence-electron chi connectivity index (χ1n) is 7.79. The summed E-state index contributed by atoms with van der Waals surface area (Å²) in [6.07, 6.45) is 8.35. The maximum atomic E-state index is 12.1. The van der Waals surface area contributed by atoms with Gasteiger partial charge >= 0.3 is 0 Å². The van der Waals surface area contributed by atoms with Gasteiger partial charge in [0.1, 0.15) is 0 Å². The Morgan fingerprint density at radius 3 is 2.61 bits per heavy atom. The van der Waals surface area contributed by atoms with Crippen LogP contribution in [0.25, 0.3) is 0 Å². The molecule has 0 aromatic heterocycles. The molecule has 2 atom stereocenters. The van der Waals surface area contributed by atoms with E-state index in [1.54, 1.807) is 0 Å². The van der Waals surface area contributed by atoms with Gasteiger partial charge in [-0.3, -0.25) is 4.79 Å². The Balaban J connectivity index is 2.41. The summed E-state index contributed by atoms with van der Waals surface area (Å²) < 4.78 is 0. The summed E-state index contributed by atoms with van der Waals surface area (Å²) in [5.41, 5.74) is 0.401. The number of amides is 1. The summed E-state index contributed by atoms with van der Waals surface area (Å²) in [7, 11) is 0. The molecule has 1 rings (SSSR count). The topological polar surface area (TPSA) is 29.1 Å². The van der Waals surface area contributed by atoms with Crippen LogP contribution in [0.1, 0.15) is 72.6 Å². The molecule has 2 heteroatoms. The van der Waals surface area contributed by atoms with E-state index in [4.69, 9.17) is 0 Å². The lowest BCUT2D eigenvalue weighted by molar-refractivity contribution is -0.125. The SMILES string of the molecule is CCCC(CC)C(=O)NC[C@H]1CCCCC1(C)C. The zero-order valence-corrected chi connectivity index (χ0v) is 12.7. The molecule has 1 aliphatic rings. The van der Waals surface area contributed by atoms with Crippen LogP contribution in [0.5, 0.6) is 0 Å². The molecule has 0 heterocycles. The van der Waals surface area contributed by atoms with Gasteiger partial charge in [-0.25, -0.2) is 0 Å². The molecule has 1 fully saturated rings. The molecule has 0 saturated heterocycles. The maximum Gasteiger partial charge on any atom is 0.223 e. The van der Waals surface area contributed by atoms with Gasteiger partial charge in [0.2, 0.25) is 5.91 Å². The van der Waals surface area contributed by atoms with Crippen molar-refractivity contribution in [2.75, 3.05) is 6.54 Å². The van der Waals surface area contributed by atoms with Crippen molar-refractivity contribution < 1.29 is 4.79 Å². The molecule has 2 nitrogen and oxygen atoms in total. The first-order valence-corrected chi connectivity index (χ1v) is 7.79. The normalized spacial score (nSPS) is 24.6. The van der Waals surface area contributed by atoms with Crippen molar-refractivity contribution in [3.8, 4) is 0 Å². The third-order valence-corrected chi connectivity index (χ3v) is 4.75. The minimum Gasteiger partial charge on any atom is -0.356 e. The average molecular weight is 253 g/mol. The van der Waals surface area contributed by atoms with Crippen LogP contribution in [-0.4, -0.2) is 12.5 Å². The molecule has 0 aromatic rings. The second kappa shape index (κ2) is 7.16. The lowest BCUT2D eigenvalue weighted by Gasteiger charge is -2.39. The minimum absolute atomic E-state index is 0.224. The molecule has 1 amide bonds. The molecule has 0 bridgehead atoms. The number of nitrogens with one attached hydrogen (secondary N) is 1. The van der Waals surface area contributed by atoms with Gasteiger partial charge in [0.05, 0.1) is 0 Å². The number of carbonyl (C=O) groups excluding carboxylic acids is 1. The van der Waals surface area contributed by atoms with E-state index in [1.807, 2.05) is 0 Å². The van der Waals surface area contributed by atoms with Crippen LogP contribution in [0, 0.1) is 17.3 Å². The average Bonchev–Trinajstić information content (AvgIpc) is 2.33. The first-order chi connectivity index (χ1) is 8.51. The van der Waals surface area contributed by atoms with Gasteiger partial charge < -0.3 is 5.32 Å². The molecule has 1 aliphatic carbocycles. The Morgan fingerprint density at radius 2 is 2.06 bits per heavy atom. The van der Waals surface area contributed by atoms with Gasteiger partial charge in [-0.1, -0.05) is 47.0 Å². The van der Waals surface area contributed by atoms with Crippen molar-refractivity contribution in [3.05, 3.63) is 0 Å². The molecule has 0 aromatic carbocycles. The van der Waals surface area contributed by atoms with Crippen molar-refractivity contribution >= 4 is 5.91 Å². The van der Waals surface area contributed by atoms with Crippen LogP contribution in [0.2, 0.25) is 0 Å². The third kappa shape index (κ3) is 4.29. The number of carbonyl (C=O) groups is 1. The molecule has 106 valence electrons. The highest BCUT2D eigenvalue weighted by molar-refractivity contribution is 5.78. The van der Waals surface area contributed by atoms with Crippen LogP contribution in [0.15, 0.2) is 0 Å². The molecular formula is C16H31NO. The maximum absolute atomic E-state index is 12.1. The Morgan fingerprint density at radius 1 is 1.33 bits per heavy atom. The largest absolute Gasteiger partial charge is 0.356 e. The monoisotopic (exact) mass is 253 g/mol. The molecule has 18 heavy (non-hydrogen) atoms. The predicted octanol–water partition coefficient (Wildman–Crippen LogP) is 4.15. The van der Waals surface area contributed by atoms with Crippen LogP contribution >= 0.6 is 0 Å². The van der Waals surface area contributed by atoms with E-state index in [9.17, 15) is 4.79 Å². The van der Waals surface area contributed by atoms with Crippen LogP contribution in [0.3, 0.4) is 0 Å². The van der Waals surface area contributed by atoms with E-state index in [0.29, 0.717) is 11.3 Å². The van der Waals surface area contributed by atoms with Crippen molar-refractivity contribution in [2.45, 2.75) is 72.6 Å². The second-order valence-electron chi connectivity index (χ2n) is 6.57. The van der Waals surface area contributed by atoms with E-state index < -0.39 is 0 Å². The first kappa shape index (κ1) is 15.5. The fraction of sp³-hybridized carbons (Fsp3) is 0.938. The Bertz CT molecular complexity index is 260. The van der Waals surface area contributed by atoms with Crippen molar-refractivity contribution in [1.82, 2.24) is 5.32 Å². The second-order valence-corrected chi connectivity index (χ2v) is 6.57. The summed E-state index contributed by atoms with van der Waals surface area (Å²) in [5.74, 6) is 1.16.